The number of likely N-dealkylation sites (tertiary alicyclic amines) is 1. The van der Waals surface area contributed by atoms with Crippen molar-refractivity contribution >= 4 is 11.7 Å². The number of piperidine rings is 1. The summed E-state index contributed by atoms with van der Waals surface area (Å²) < 4.78 is 7.56. The van der Waals surface area contributed by atoms with E-state index in [1.807, 2.05) is 30.2 Å². The van der Waals surface area contributed by atoms with E-state index in [0.717, 1.165) is 37.3 Å². The van der Waals surface area contributed by atoms with Crippen molar-refractivity contribution < 1.29 is 9.53 Å². The van der Waals surface area contributed by atoms with Gasteiger partial charge in [0, 0.05) is 25.7 Å². The van der Waals surface area contributed by atoms with Gasteiger partial charge < -0.3 is 15.0 Å². The highest BCUT2D eigenvalue weighted by Gasteiger charge is 2.23. The van der Waals surface area contributed by atoms with E-state index in [4.69, 9.17) is 4.74 Å². The molecule has 1 aliphatic heterocycles. The van der Waals surface area contributed by atoms with Crippen LogP contribution in [-0.4, -0.2) is 51.8 Å². The first-order valence-electron chi connectivity index (χ1n) is 8.25. The highest BCUT2D eigenvalue weighted by atomic mass is 16.5. The van der Waals surface area contributed by atoms with E-state index in [1.165, 1.54) is 0 Å². The number of fused-ring (bicyclic) bond motifs is 1. The summed E-state index contributed by atoms with van der Waals surface area (Å²) in [7, 11) is 0. The van der Waals surface area contributed by atoms with Crippen LogP contribution in [0.25, 0.3) is 5.65 Å². The lowest BCUT2D eigenvalue weighted by Gasteiger charge is -2.31. The van der Waals surface area contributed by atoms with Gasteiger partial charge >= 0.3 is 6.03 Å². The van der Waals surface area contributed by atoms with Gasteiger partial charge in [-0.25, -0.2) is 14.3 Å². The smallest absolute Gasteiger partial charge is 0.317 e. The molecule has 0 spiro atoms. The molecule has 7 heteroatoms. The lowest BCUT2D eigenvalue weighted by Crippen LogP contribution is -2.45. The second-order valence-electron chi connectivity index (χ2n) is 6.07. The van der Waals surface area contributed by atoms with Crippen LogP contribution >= 0.6 is 0 Å². The molecule has 7 nitrogen and oxygen atoms in total. The quantitative estimate of drug-likeness (QED) is 0.852. The first-order valence-corrected chi connectivity index (χ1v) is 8.25. The van der Waals surface area contributed by atoms with Crippen molar-refractivity contribution in [3.05, 3.63) is 36.7 Å². The van der Waals surface area contributed by atoms with Crippen LogP contribution in [0, 0.1) is 12.8 Å². The molecule has 1 saturated heterocycles. The molecule has 0 unspecified atom stereocenters. The summed E-state index contributed by atoms with van der Waals surface area (Å²) in [5.41, 5.74) is 1.75. The summed E-state index contributed by atoms with van der Waals surface area (Å²) in [5, 5.41) is 7.22. The van der Waals surface area contributed by atoms with E-state index in [9.17, 15) is 4.79 Å². The second-order valence-corrected chi connectivity index (χ2v) is 6.07. The minimum Gasteiger partial charge on any atom is -0.476 e. The number of ether oxygens (including phenoxy) is 1. The van der Waals surface area contributed by atoms with Crippen LogP contribution in [-0.2, 0) is 0 Å². The summed E-state index contributed by atoms with van der Waals surface area (Å²) in [4.78, 5) is 18.1. The minimum absolute atomic E-state index is 0.0168. The van der Waals surface area contributed by atoms with Crippen LogP contribution in [0.2, 0.25) is 0 Å². The van der Waals surface area contributed by atoms with Gasteiger partial charge in [-0.3, -0.25) is 0 Å². The van der Waals surface area contributed by atoms with Crippen molar-refractivity contribution in [2.24, 2.45) is 5.92 Å². The molecule has 2 aromatic heterocycles. The van der Waals surface area contributed by atoms with E-state index < -0.39 is 0 Å². The fraction of sp³-hybridized carbons (Fsp3) is 0.471. The Morgan fingerprint density at radius 1 is 1.46 bits per heavy atom. The predicted molar refractivity (Wildman–Crippen MR) is 91.1 cm³/mol. The average molecular weight is 329 g/mol. The van der Waals surface area contributed by atoms with Gasteiger partial charge in [0.25, 0.3) is 0 Å². The molecule has 128 valence electrons. The molecule has 0 aliphatic carbocycles. The Morgan fingerprint density at radius 3 is 3.00 bits per heavy atom. The average Bonchev–Trinajstić information content (AvgIpc) is 2.97. The number of imidazole rings is 1. The molecule has 2 aromatic rings. The van der Waals surface area contributed by atoms with Gasteiger partial charge in [-0.15, -0.1) is 11.7 Å². The van der Waals surface area contributed by atoms with E-state index in [-0.39, 0.29) is 6.03 Å². The SMILES string of the molecule is C=CCNC(=O)N1CCC(COc2ccc3nc(C)cn3n2)CC1. The van der Waals surface area contributed by atoms with Gasteiger partial charge in [0.2, 0.25) is 5.88 Å². The number of amides is 2. The molecule has 0 aromatic carbocycles. The van der Waals surface area contributed by atoms with E-state index in [1.54, 1.807) is 10.6 Å². The zero-order valence-corrected chi connectivity index (χ0v) is 13.9. The first-order chi connectivity index (χ1) is 11.7. The first kappa shape index (κ1) is 16.3. The number of nitrogens with zero attached hydrogens (tertiary/aromatic N) is 4. The monoisotopic (exact) mass is 329 g/mol. The molecular formula is C17H23N5O2. The van der Waals surface area contributed by atoms with Gasteiger partial charge in [-0.2, -0.15) is 0 Å². The van der Waals surface area contributed by atoms with Crippen LogP contribution in [0.1, 0.15) is 18.5 Å². The molecule has 0 radical (unpaired) electrons. The standard InChI is InChI=1S/C17H23N5O2/c1-3-8-18-17(23)21-9-6-14(7-10-21)12-24-16-5-4-15-19-13(2)11-22(15)20-16/h3-5,11,14H,1,6-10,12H2,2H3,(H,18,23). The maximum absolute atomic E-state index is 11.9. The van der Waals surface area contributed by atoms with Gasteiger partial charge in [-0.05, 0) is 31.7 Å². The van der Waals surface area contributed by atoms with Crippen LogP contribution in [0.3, 0.4) is 0 Å². The Balaban J connectivity index is 1.47. The lowest BCUT2D eigenvalue weighted by atomic mass is 9.98. The number of urea groups is 1. The summed E-state index contributed by atoms with van der Waals surface area (Å²) >= 11 is 0. The van der Waals surface area contributed by atoms with Crippen molar-refractivity contribution in [1.82, 2.24) is 24.8 Å². The van der Waals surface area contributed by atoms with Crippen LogP contribution in [0.15, 0.2) is 31.0 Å². The molecule has 24 heavy (non-hydrogen) atoms. The molecule has 3 rings (SSSR count). The lowest BCUT2D eigenvalue weighted by molar-refractivity contribution is 0.143. The molecular weight excluding hydrogens is 306 g/mol. The number of hydrogen-bond donors (Lipinski definition) is 1. The number of aromatic nitrogens is 3. The number of carbonyl (C=O) groups excluding carboxylic acids is 1. The fourth-order valence-corrected chi connectivity index (χ4v) is 2.84. The third kappa shape index (κ3) is 3.84. The van der Waals surface area contributed by atoms with Crippen molar-refractivity contribution in [3.63, 3.8) is 0 Å². The Morgan fingerprint density at radius 2 is 2.25 bits per heavy atom. The van der Waals surface area contributed by atoms with Crippen molar-refractivity contribution in [2.45, 2.75) is 19.8 Å². The maximum atomic E-state index is 11.9. The molecule has 0 atom stereocenters. The largest absolute Gasteiger partial charge is 0.476 e. The third-order valence-corrected chi connectivity index (χ3v) is 4.18. The second kappa shape index (κ2) is 7.33. The number of nitrogens with one attached hydrogen (secondary N) is 1. The van der Waals surface area contributed by atoms with Gasteiger partial charge in [0.15, 0.2) is 5.65 Å². The Kier molecular flexibility index (Phi) is 4.98. The van der Waals surface area contributed by atoms with Gasteiger partial charge in [0.05, 0.1) is 18.5 Å². The maximum Gasteiger partial charge on any atom is 0.317 e. The fourth-order valence-electron chi connectivity index (χ4n) is 2.84. The number of hydrogen-bond acceptors (Lipinski definition) is 4. The summed E-state index contributed by atoms with van der Waals surface area (Å²) in [6.07, 6.45) is 5.44. The Bertz CT molecular complexity index is 719. The summed E-state index contributed by atoms with van der Waals surface area (Å²) in [6.45, 7) is 8.17. The van der Waals surface area contributed by atoms with E-state index >= 15 is 0 Å². The highest BCUT2D eigenvalue weighted by Crippen LogP contribution is 2.19. The van der Waals surface area contributed by atoms with Crippen molar-refractivity contribution in [2.75, 3.05) is 26.2 Å². The zero-order chi connectivity index (χ0) is 16.9. The minimum atomic E-state index is -0.0168. The third-order valence-electron chi connectivity index (χ3n) is 4.18. The topological polar surface area (TPSA) is 71.8 Å². The molecule has 0 saturated carbocycles. The summed E-state index contributed by atoms with van der Waals surface area (Å²) in [6, 6.07) is 3.73. The predicted octanol–water partition coefficient (Wildman–Crippen LogP) is 2.02. The molecule has 1 N–H and O–H groups in total. The van der Waals surface area contributed by atoms with E-state index in [0.29, 0.717) is 24.9 Å². The zero-order valence-electron chi connectivity index (χ0n) is 13.9. The van der Waals surface area contributed by atoms with E-state index in [2.05, 4.69) is 22.0 Å². The molecule has 3 heterocycles. The van der Waals surface area contributed by atoms with Crippen LogP contribution < -0.4 is 10.1 Å². The van der Waals surface area contributed by atoms with Gasteiger partial charge in [-0.1, -0.05) is 6.08 Å². The molecule has 0 bridgehead atoms. The Labute approximate surface area is 141 Å². The normalized spacial score (nSPS) is 15.5. The van der Waals surface area contributed by atoms with Crippen molar-refractivity contribution in [3.8, 4) is 5.88 Å². The van der Waals surface area contributed by atoms with Crippen LogP contribution in [0.4, 0.5) is 4.79 Å². The van der Waals surface area contributed by atoms with Crippen LogP contribution in [0.5, 0.6) is 5.88 Å². The highest BCUT2D eigenvalue weighted by molar-refractivity contribution is 5.74. The Hall–Kier alpha value is -2.57. The number of rotatable bonds is 5. The van der Waals surface area contributed by atoms with Crippen molar-refractivity contribution in [1.29, 1.82) is 0 Å². The van der Waals surface area contributed by atoms with Gasteiger partial charge in [0.1, 0.15) is 0 Å². The number of carbonyl (C=O) groups is 1. The summed E-state index contributed by atoms with van der Waals surface area (Å²) in [5.74, 6) is 1.04. The number of aryl methyl sites for hydroxylation is 1. The molecule has 2 amide bonds. The molecule has 1 aliphatic rings. The molecule has 1 fully saturated rings.